The number of thiophene rings is 1. The normalized spacial score (nSPS) is 13.8. The monoisotopic (exact) mass is 458 g/mol. The molecule has 33 heavy (non-hydrogen) atoms. The number of ether oxygens (including phenoxy) is 2. The molecule has 1 aliphatic rings. The third kappa shape index (κ3) is 4.80. The minimum Gasteiger partial charge on any atom is -0.462 e. The number of carbonyl (C=O) groups is 1. The number of nitrogens with two attached hydrogens (primary N) is 1. The van der Waals surface area contributed by atoms with Crippen molar-refractivity contribution in [2.75, 3.05) is 12.1 Å². The van der Waals surface area contributed by atoms with E-state index < -0.39 is 5.91 Å². The number of carbonyl (C=O) groups excluding carboxylic acids is 1. The smallest absolute Gasteiger partial charge is 0.248 e. The molecule has 3 heterocycles. The summed E-state index contributed by atoms with van der Waals surface area (Å²) in [4.78, 5) is 21.4. The number of primary amides is 1. The third-order valence-corrected chi connectivity index (χ3v) is 6.54. The summed E-state index contributed by atoms with van der Waals surface area (Å²) in [6.45, 7) is 0.221. The second-order valence-electron chi connectivity index (χ2n) is 7.72. The first-order chi connectivity index (χ1) is 16.2. The van der Waals surface area contributed by atoms with Gasteiger partial charge in [-0.3, -0.25) is 4.79 Å². The van der Waals surface area contributed by atoms with Gasteiger partial charge in [0.15, 0.2) is 5.76 Å². The molecule has 3 N–H and O–H groups in total. The van der Waals surface area contributed by atoms with E-state index in [1.54, 1.807) is 36.1 Å². The summed E-state index contributed by atoms with van der Waals surface area (Å²) in [5, 5.41) is 3.54. The minimum absolute atomic E-state index is 0.125. The Bertz CT molecular complexity index is 1300. The van der Waals surface area contributed by atoms with Crippen molar-refractivity contribution in [1.82, 2.24) is 9.97 Å². The van der Waals surface area contributed by atoms with Crippen molar-refractivity contribution >= 4 is 33.3 Å². The van der Waals surface area contributed by atoms with Crippen LogP contribution in [0.2, 0.25) is 0 Å². The molecule has 0 bridgehead atoms. The predicted octanol–water partition coefficient (Wildman–Crippen LogP) is 4.25. The van der Waals surface area contributed by atoms with E-state index in [-0.39, 0.29) is 12.8 Å². The molecule has 1 amide bonds. The van der Waals surface area contributed by atoms with E-state index in [0.717, 1.165) is 45.1 Å². The molecule has 5 rings (SSSR count). The van der Waals surface area contributed by atoms with Crippen LogP contribution in [-0.2, 0) is 22.3 Å². The number of fused-ring (bicyclic) bond motifs is 1. The number of nitrogens with zero attached hydrogens (tertiary/aromatic N) is 2. The zero-order chi connectivity index (χ0) is 22.6. The fourth-order valence-electron chi connectivity index (χ4n) is 3.75. The highest BCUT2D eigenvalue weighted by atomic mass is 32.1. The van der Waals surface area contributed by atoms with Crippen LogP contribution in [0.15, 0.2) is 79.0 Å². The van der Waals surface area contributed by atoms with Gasteiger partial charge in [-0.2, -0.15) is 0 Å². The average molecular weight is 459 g/mol. The van der Waals surface area contributed by atoms with Gasteiger partial charge in [0, 0.05) is 16.9 Å². The van der Waals surface area contributed by atoms with Crippen LogP contribution in [0, 0.1) is 0 Å². The van der Waals surface area contributed by atoms with Crippen LogP contribution in [0.5, 0.6) is 0 Å². The largest absolute Gasteiger partial charge is 0.462 e. The van der Waals surface area contributed by atoms with Gasteiger partial charge in [0.05, 0.1) is 16.3 Å². The van der Waals surface area contributed by atoms with Crippen LogP contribution in [-0.4, -0.2) is 28.7 Å². The number of rotatable bonds is 8. The maximum atomic E-state index is 11.3. The quantitative estimate of drug-likeness (QED) is 0.410. The predicted molar refractivity (Wildman–Crippen MR) is 128 cm³/mol. The summed E-state index contributed by atoms with van der Waals surface area (Å²) in [5.41, 5.74) is 9.01. The Hall–Kier alpha value is -3.91. The molecular weight excluding hydrogens is 436 g/mol. The van der Waals surface area contributed by atoms with Crippen LogP contribution >= 0.6 is 11.3 Å². The van der Waals surface area contributed by atoms with Gasteiger partial charge in [0.25, 0.3) is 0 Å². The molecule has 2 aromatic carbocycles. The zero-order valence-corrected chi connectivity index (χ0v) is 18.5. The molecule has 8 heteroatoms. The molecule has 7 nitrogen and oxygen atoms in total. The Morgan fingerprint density at radius 3 is 2.64 bits per heavy atom. The van der Waals surface area contributed by atoms with Gasteiger partial charge in [-0.15, -0.1) is 11.3 Å². The first kappa shape index (κ1) is 21.0. The van der Waals surface area contributed by atoms with Crippen molar-refractivity contribution in [3.8, 4) is 0 Å². The van der Waals surface area contributed by atoms with E-state index in [1.807, 2.05) is 30.3 Å². The van der Waals surface area contributed by atoms with E-state index in [2.05, 4.69) is 33.5 Å². The molecule has 2 aromatic heterocycles. The molecule has 0 fully saturated rings. The average Bonchev–Trinajstić information content (AvgIpc) is 3.50. The summed E-state index contributed by atoms with van der Waals surface area (Å²) in [6.07, 6.45) is 4.69. The van der Waals surface area contributed by atoms with Crippen LogP contribution in [0.1, 0.15) is 26.4 Å². The van der Waals surface area contributed by atoms with E-state index in [4.69, 9.17) is 15.2 Å². The molecule has 0 aliphatic carbocycles. The van der Waals surface area contributed by atoms with E-state index in [1.165, 1.54) is 5.56 Å². The Morgan fingerprint density at radius 1 is 1.09 bits per heavy atom. The van der Waals surface area contributed by atoms with Gasteiger partial charge >= 0.3 is 0 Å². The lowest BCUT2D eigenvalue weighted by Gasteiger charge is -2.19. The molecule has 4 aromatic rings. The van der Waals surface area contributed by atoms with Crippen LogP contribution in [0.4, 0.5) is 5.82 Å². The number of hydrogen-bond acceptors (Lipinski definition) is 7. The summed E-state index contributed by atoms with van der Waals surface area (Å²) in [5.74, 6) is 1.08. The Morgan fingerprint density at radius 2 is 1.91 bits per heavy atom. The van der Waals surface area contributed by atoms with Gasteiger partial charge < -0.3 is 20.5 Å². The second kappa shape index (κ2) is 9.30. The van der Waals surface area contributed by atoms with Crippen molar-refractivity contribution in [3.63, 3.8) is 0 Å². The van der Waals surface area contributed by atoms with Crippen molar-refractivity contribution in [3.05, 3.63) is 101 Å². The molecular formula is C25H22N4O3S. The number of aromatic nitrogens is 2. The van der Waals surface area contributed by atoms with Gasteiger partial charge in [-0.25, -0.2) is 9.97 Å². The Labute approximate surface area is 194 Å². The summed E-state index contributed by atoms with van der Waals surface area (Å²) in [6, 6.07) is 19.5. The molecule has 1 atom stereocenters. The topological polar surface area (TPSA) is 99.4 Å². The van der Waals surface area contributed by atoms with Gasteiger partial charge in [-0.05, 0) is 35.7 Å². The van der Waals surface area contributed by atoms with Crippen molar-refractivity contribution in [1.29, 1.82) is 0 Å². The number of anilines is 1. The molecule has 1 unspecified atom stereocenters. The number of benzene rings is 2. The van der Waals surface area contributed by atoms with E-state index in [9.17, 15) is 4.79 Å². The van der Waals surface area contributed by atoms with Crippen molar-refractivity contribution < 1.29 is 14.3 Å². The van der Waals surface area contributed by atoms with Crippen molar-refractivity contribution in [2.24, 2.45) is 5.73 Å². The SMILES string of the molecule is NC(=O)c1ccc(Cc2cc3ncnc(NC(Cc4ccccc4)C4=COCO4)c3s2)cc1. The maximum Gasteiger partial charge on any atom is 0.248 e. The number of hydrogen-bond donors (Lipinski definition) is 2. The molecule has 0 spiro atoms. The van der Waals surface area contributed by atoms with Gasteiger partial charge in [0.1, 0.15) is 18.4 Å². The molecule has 166 valence electrons. The second-order valence-corrected chi connectivity index (χ2v) is 8.86. The standard InChI is InChI=1S/C25H22N4O3S/c26-24(30)18-8-6-17(7-9-18)10-19-12-21-23(33-19)25(28-14-27-21)29-20(22-13-31-15-32-22)11-16-4-2-1-3-5-16/h1-9,12-14,20H,10-11,15H2,(H2,26,30)(H,27,28,29). The van der Waals surface area contributed by atoms with Crippen LogP contribution in [0.3, 0.4) is 0 Å². The first-order valence-electron chi connectivity index (χ1n) is 10.5. The lowest BCUT2D eigenvalue weighted by atomic mass is 10.0. The fraction of sp³-hybridized carbons (Fsp3) is 0.160. The Balaban J connectivity index is 1.40. The minimum atomic E-state index is -0.425. The van der Waals surface area contributed by atoms with Crippen LogP contribution in [0.25, 0.3) is 10.2 Å². The number of amides is 1. The maximum absolute atomic E-state index is 11.3. The van der Waals surface area contributed by atoms with Crippen LogP contribution < -0.4 is 11.1 Å². The van der Waals surface area contributed by atoms with Gasteiger partial charge in [-0.1, -0.05) is 42.5 Å². The highest BCUT2D eigenvalue weighted by Crippen LogP contribution is 2.32. The highest BCUT2D eigenvalue weighted by molar-refractivity contribution is 7.19. The lowest BCUT2D eigenvalue weighted by molar-refractivity contribution is 0.0764. The third-order valence-electron chi connectivity index (χ3n) is 5.41. The number of nitrogens with one attached hydrogen (secondary N) is 1. The lowest BCUT2D eigenvalue weighted by Crippen LogP contribution is -2.26. The Kier molecular flexibility index (Phi) is 5.91. The molecule has 0 saturated carbocycles. The first-order valence-corrected chi connectivity index (χ1v) is 11.3. The summed E-state index contributed by atoms with van der Waals surface area (Å²) < 4.78 is 12.0. The van der Waals surface area contributed by atoms with E-state index in [0.29, 0.717) is 5.56 Å². The summed E-state index contributed by atoms with van der Waals surface area (Å²) >= 11 is 1.65. The summed E-state index contributed by atoms with van der Waals surface area (Å²) in [7, 11) is 0. The fourth-order valence-corrected chi connectivity index (χ4v) is 4.85. The highest BCUT2D eigenvalue weighted by Gasteiger charge is 2.22. The molecule has 1 aliphatic heterocycles. The van der Waals surface area contributed by atoms with Crippen molar-refractivity contribution in [2.45, 2.75) is 18.9 Å². The zero-order valence-electron chi connectivity index (χ0n) is 17.7. The van der Waals surface area contributed by atoms with E-state index >= 15 is 0 Å². The van der Waals surface area contributed by atoms with Gasteiger partial charge in [0.2, 0.25) is 12.7 Å². The molecule has 0 radical (unpaired) electrons. The molecule has 0 saturated heterocycles.